The number of aryl methyl sites for hydroxylation is 1. The van der Waals surface area contributed by atoms with Crippen LogP contribution in [0.5, 0.6) is 0 Å². The van der Waals surface area contributed by atoms with Gasteiger partial charge in [-0.25, -0.2) is 0 Å². The fourth-order valence-electron chi connectivity index (χ4n) is 2.45. The summed E-state index contributed by atoms with van der Waals surface area (Å²) >= 11 is 0. The minimum absolute atomic E-state index is 0.104. The molecule has 118 valence electrons. The lowest BCUT2D eigenvalue weighted by molar-refractivity contribution is -0.127. The molecule has 23 heavy (non-hydrogen) atoms. The van der Waals surface area contributed by atoms with Gasteiger partial charge in [0, 0.05) is 37.9 Å². The predicted molar refractivity (Wildman–Crippen MR) is 92.8 cm³/mol. The Morgan fingerprint density at radius 1 is 1.13 bits per heavy atom. The maximum absolute atomic E-state index is 11.7. The highest BCUT2D eigenvalue weighted by atomic mass is 16.2. The molecule has 1 amide bonds. The Labute approximate surface area is 135 Å². The summed E-state index contributed by atoms with van der Waals surface area (Å²) in [4.78, 5) is 13.3. The molecule has 2 aromatic carbocycles. The first-order valence-corrected chi connectivity index (χ1v) is 7.51. The predicted octanol–water partition coefficient (Wildman–Crippen LogP) is 2.95. The van der Waals surface area contributed by atoms with Crippen LogP contribution in [0.4, 0.5) is 11.4 Å². The quantitative estimate of drug-likeness (QED) is 0.806. The van der Waals surface area contributed by atoms with Crippen LogP contribution < -0.4 is 5.32 Å². The van der Waals surface area contributed by atoms with Crippen molar-refractivity contribution in [1.29, 1.82) is 0 Å². The van der Waals surface area contributed by atoms with Crippen molar-refractivity contribution >= 4 is 28.2 Å². The number of nitrogens with one attached hydrogen (secondary N) is 1. The second kappa shape index (κ2) is 6.12. The van der Waals surface area contributed by atoms with E-state index in [2.05, 4.69) is 22.5 Å². The maximum atomic E-state index is 11.7. The molecule has 0 saturated carbocycles. The minimum atomic E-state index is 0.104. The van der Waals surface area contributed by atoms with Crippen LogP contribution in [0, 0.1) is 0 Å². The highest BCUT2D eigenvalue weighted by molar-refractivity contribution is 5.83. The van der Waals surface area contributed by atoms with Crippen LogP contribution in [0.3, 0.4) is 0 Å². The van der Waals surface area contributed by atoms with Gasteiger partial charge < -0.3 is 10.2 Å². The number of carbonyl (C=O) groups is 1. The Balaban J connectivity index is 1.73. The van der Waals surface area contributed by atoms with Gasteiger partial charge in [0.1, 0.15) is 0 Å². The van der Waals surface area contributed by atoms with Crippen molar-refractivity contribution in [3.05, 3.63) is 54.2 Å². The third-order valence-corrected chi connectivity index (χ3v) is 3.84. The molecular weight excluding hydrogens is 288 g/mol. The number of anilines is 2. The lowest BCUT2D eigenvalue weighted by Crippen LogP contribution is -2.23. The van der Waals surface area contributed by atoms with Gasteiger partial charge >= 0.3 is 0 Å². The summed E-state index contributed by atoms with van der Waals surface area (Å²) in [6, 6.07) is 14.1. The molecule has 1 N–H and O–H groups in total. The second-order valence-corrected chi connectivity index (χ2v) is 5.83. The van der Waals surface area contributed by atoms with Gasteiger partial charge in [0.25, 0.3) is 0 Å². The van der Waals surface area contributed by atoms with Crippen LogP contribution in [-0.4, -0.2) is 34.7 Å². The number of nitrogens with zero attached hydrogens (tertiary/aromatic N) is 3. The van der Waals surface area contributed by atoms with E-state index in [0.717, 1.165) is 27.8 Å². The van der Waals surface area contributed by atoms with Crippen LogP contribution in [-0.2, 0) is 18.3 Å². The summed E-state index contributed by atoms with van der Waals surface area (Å²) in [5.41, 5.74) is 4.13. The summed E-state index contributed by atoms with van der Waals surface area (Å²) in [7, 11) is 5.48. The van der Waals surface area contributed by atoms with Crippen molar-refractivity contribution in [3.63, 3.8) is 0 Å². The summed E-state index contributed by atoms with van der Waals surface area (Å²) in [5.74, 6) is 0.104. The number of benzene rings is 2. The van der Waals surface area contributed by atoms with Crippen LogP contribution in [0.25, 0.3) is 10.9 Å². The zero-order valence-corrected chi connectivity index (χ0v) is 13.6. The van der Waals surface area contributed by atoms with Gasteiger partial charge in [-0.3, -0.25) is 9.48 Å². The molecule has 5 nitrogen and oxygen atoms in total. The number of likely N-dealkylation sites (N-methyl/N-ethyl adjacent to an activating group) is 1. The number of amides is 1. The maximum Gasteiger partial charge on any atom is 0.226 e. The average molecular weight is 308 g/mol. The van der Waals surface area contributed by atoms with Crippen molar-refractivity contribution in [2.75, 3.05) is 19.4 Å². The van der Waals surface area contributed by atoms with Crippen molar-refractivity contribution in [2.24, 2.45) is 7.05 Å². The lowest BCUT2D eigenvalue weighted by Gasteiger charge is -2.11. The van der Waals surface area contributed by atoms with E-state index >= 15 is 0 Å². The third-order valence-electron chi connectivity index (χ3n) is 3.84. The van der Waals surface area contributed by atoms with Crippen LogP contribution >= 0.6 is 0 Å². The standard InChI is InChI=1S/C18H20N4O/c1-21(2)18(23)10-13-4-6-15(7-5-13)20-16-8-9-17-14(11-16)12-19-22(17)3/h4-9,11-12,20H,10H2,1-3H3. The third kappa shape index (κ3) is 3.34. The SMILES string of the molecule is CN(C)C(=O)Cc1ccc(Nc2ccc3c(cnn3C)c2)cc1. The highest BCUT2D eigenvalue weighted by Crippen LogP contribution is 2.22. The van der Waals surface area contributed by atoms with Crippen molar-refractivity contribution < 1.29 is 4.79 Å². The van der Waals surface area contributed by atoms with Gasteiger partial charge in [0.2, 0.25) is 5.91 Å². The van der Waals surface area contributed by atoms with Crippen molar-refractivity contribution in [3.8, 4) is 0 Å². The molecule has 0 atom stereocenters. The number of hydrogen-bond acceptors (Lipinski definition) is 3. The molecule has 0 unspecified atom stereocenters. The van der Waals surface area contributed by atoms with Crippen LogP contribution in [0.2, 0.25) is 0 Å². The van der Waals surface area contributed by atoms with Crippen LogP contribution in [0.1, 0.15) is 5.56 Å². The zero-order valence-electron chi connectivity index (χ0n) is 13.6. The minimum Gasteiger partial charge on any atom is -0.356 e. The number of rotatable bonds is 4. The summed E-state index contributed by atoms with van der Waals surface area (Å²) in [6.07, 6.45) is 2.28. The van der Waals surface area contributed by atoms with E-state index in [1.807, 2.05) is 48.3 Å². The first kappa shape index (κ1) is 15.1. The lowest BCUT2D eigenvalue weighted by atomic mass is 10.1. The average Bonchev–Trinajstić information content (AvgIpc) is 2.90. The van der Waals surface area contributed by atoms with Crippen molar-refractivity contribution in [1.82, 2.24) is 14.7 Å². The molecule has 0 bridgehead atoms. The molecule has 5 heteroatoms. The van der Waals surface area contributed by atoms with E-state index < -0.39 is 0 Å². The summed E-state index contributed by atoms with van der Waals surface area (Å²) in [6.45, 7) is 0. The molecule has 0 fully saturated rings. The van der Waals surface area contributed by atoms with Gasteiger partial charge in [-0.1, -0.05) is 12.1 Å². The molecule has 3 rings (SSSR count). The smallest absolute Gasteiger partial charge is 0.226 e. The largest absolute Gasteiger partial charge is 0.356 e. The van der Waals surface area contributed by atoms with Gasteiger partial charge in [0.15, 0.2) is 0 Å². The topological polar surface area (TPSA) is 50.2 Å². The fourth-order valence-corrected chi connectivity index (χ4v) is 2.45. The number of fused-ring (bicyclic) bond motifs is 1. The van der Waals surface area contributed by atoms with Gasteiger partial charge in [0.05, 0.1) is 18.1 Å². The fraction of sp³-hybridized carbons (Fsp3) is 0.222. The van der Waals surface area contributed by atoms with Gasteiger partial charge in [-0.15, -0.1) is 0 Å². The normalized spacial score (nSPS) is 10.7. The Morgan fingerprint density at radius 2 is 1.83 bits per heavy atom. The Hall–Kier alpha value is -2.82. The van der Waals surface area contributed by atoms with E-state index in [9.17, 15) is 4.79 Å². The number of aromatic nitrogens is 2. The van der Waals surface area contributed by atoms with Crippen LogP contribution in [0.15, 0.2) is 48.7 Å². The molecule has 3 aromatic rings. The molecule has 0 aliphatic heterocycles. The number of hydrogen-bond donors (Lipinski definition) is 1. The molecule has 0 saturated heterocycles. The Morgan fingerprint density at radius 3 is 2.52 bits per heavy atom. The van der Waals surface area contributed by atoms with E-state index in [0.29, 0.717) is 6.42 Å². The van der Waals surface area contributed by atoms with Crippen molar-refractivity contribution in [2.45, 2.75) is 6.42 Å². The highest BCUT2D eigenvalue weighted by Gasteiger charge is 2.06. The molecule has 1 heterocycles. The number of carbonyl (C=O) groups excluding carboxylic acids is 1. The van der Waals surface area contributed by atoms with Gasteiger partial charge in [-0.05, 0) is 35.9 Å². The molecule has 0 aliphatic rings. The molecule has 1 aromatic heterocycles. The Kier molecular flexibility index (Phi) is 4.02. The monoisotopic (exact) mass is 308 g/mol. The summed E-state index contributed by atoms with van der Waals surface area (Å²) < 4.78 is 1.86. The summed E-state index contributed by atoms with van der Waals surface area (Å²) in [5, 5.41) is 8.73. The molecule has 0 radical (unpaired) electrons. The first-order valence-electron chi connectivity index (χ1n) is 7.51. The van der Waals surface area contributed by atoms with E-state index in [1.54, 1.807) is 19.0 Å². The molecule has 0 spiro atoms. The first-order chi connectivity index (χ1) is 11.0. The molecular formula is C18H20N4O. The van der Waals surface area contributed by atoms with E-state index in [1.165, 1.54) is 0 Å². The van der Waals surface area contributed by atoms with E-state index in [4.69, 9.17) is 0 Å². The van der Waals surface area contributed by atoms with Gasteiger partial charge in [-0.2, -0.15) is 5.10 Å². The second-order valence-electron chi connectivity index (χ2n) is 5.83. The zero-order chi connectivity index (χ0) is 16.4. The van der Waals surface area contributed by atoms with E-state index in [-0.39, 0.29) is 5.91 Å². The molecule has 0 aliphatic carbocycles. The Bertz CT molecular complexity index is 834.